The zero-order chi connectivity index (χ0) is 40.6. The summed E-state index contributed by atoms with van der Waals surface area (Å²) in [7, 11) is 1.40. The highest BCUT2D eigenvalue weighted by atomic mass is 19.1. The Bertz CT molecular complexity index is 2300. The molecule has 1 aliphatic carbocycles. The van der Waals surface area contributed by atoms with Crippen LogP contribution in [-0.2, 0) is 0 Å². The molecule has 2 aromatic carbocycles. The van der Waals surface area contributed by atoms with Gasteiger partial charge in [0.15, 0.2) is 5.82 Å². The number of aromatic hydroxyl groups is 1. The van der Waals surface area contributed by atoms with Crippen molar-refractivity contribution >= 4 is 33.5 Å². The molecular formula is C43H48F2N8O4. The van der Waals surface area contributed by atoms with E-state index in [1.165, 1.54) is 36.9 Å². The quantitative estimate of drug-likeness (QED) is 0.122. The van der Waals surface area contributed by atoms with E-state index in [2.05, 4.69) is 38.8 Å². The number of ether oxygens (including phenoxy) is 2. The Labute approximate surface area is 331 Å². The van der Waals surface area contributed by atoms with Crippen LogP contribution in [-0.4, -0.2) is 100 Å². The molecule has 0 radical (unpaired) electrons. The van der Waals surface area contributed by atoms with Crippen molar-refractivity contribution in [2.24, 2.45) is 5.41 Å². The molecule has 2 aliphatic heterocycles. The van der Waals surface area contributed by atoms with Crippen molar-refractivity contribution in [2.45, 2.75) is 77.4 Å². The summed E-state index contributed by atoms with van der Waals surface area (Å²) in [4.78, 5) is 34.0. The number of benzene rings is 2. The average Bonchev–Trinajstić information content (AvgIpc) is 3.99. The number of rotatable bonds is 11. The van der Waals surface area contributed by atoms with E-state index in [9.17, 15) is 15.2 Å². The van der Waals surface area contributed by atoms with Crippen LogP contribution in [0.15, 0.2) is 36.4 Å². The van der Waals surface area contributed by atoms with E-state index in [0.29, 0.717) is 43.7 Å². The van der Waals surface area contributed by atoms with Gasteiger partial charge in [0, 0.05) is 49.1 Å². The molecule has 298 valence electrons. The van der Waals surface area contributed by atoms with Gasteiger partial charge in [0.2, 0.25) is 5.88 Å². The van der Waals surface area contributed by atoms with Crippen LogP contribution in [0.1, 0.15) is 64.9 Å². The van der Waals surface area contributed by atoms with E-state index in [1.54, 1.807) is 11.8 Å². The number of fused-ring (bicyclic) bond motifs is 2. The number of hydrogen-bond acceptors (Lipinski definition) is 10. The van der Waals surface area contributed by atoms with Crippen LogP contribution in [0.5, 0.6) is 17.6 Å². The molecule has 12 nitrogen and oxygen atoms in total. The third kappa shape index (κ3) is 7.71. The number of piperazine rings is 1. The maximum atomic E-state index is 17.4. The van der Waals surface area contributed by atoms with Crippen LogP contribution in [0.2, 0.25) is 0 Å². The Kier molecular flexibility index (Phi) is 11.1. The highest BCUT2D eigenvalue weighted by molar-refractivity contribution is 6.04. The lowest BCUT2D eigenvalue weighted by Crippen LogP contribution is -2.63. The fourth-order valence-electron chi connectivity index (χ4n) is 8.23. The van der Waals surface area contributed by atoms with E-state index < -0.39 is 17.7 Å². The van der Waals surface area contributed by atoms with Crippen molar-refractivity contribution in [1.29, 1.82) is 5.26 Å². The molecule has 7 rings (SSSR count). The van der Waals surface area contributed by atoms with Gasteiger partial charge in [0.25, 0.3) is 0 Å². The number of hydrogen-bond donors (Lipinski definition) is 2. The van der Waals surface area contributed by atoms with Crippen molar-refractivity contribution < 1.29 is 28.2 Å². The number of phenolic OH excluding ortho intramolecular Hbond substituents is 1. The minimum absolute atomic E-state index is 0.00688. The number of likely N-dealkylation sites (tertiary alicyclic amines) is 1. The summed E-state index contributed by atoms with van der Waals surface area (Å²) in [5, 5.41) is 23.7. The van der Waals surface area contributed by atoms with Gasteiger partial charge in [-0.25, -0.2) is 18.6 Å². The van der Waals surface area contributed by atoms with Crippen molar-refractivity contribution in [3.05, 3.63) is 53.6 Å². The normalized spacial score (nSPS) is 19.9. The topological polar surface area (TPSA) is 140 Å². The first-order chi connectivity index (χ1) is 27.4. The van der Waals surface area contributed by atoms with Crippen molar-refractivity contribution in [3.8, 4) is 47.3 Å². The molecule has 3 fully saturated rings. The molecule has 3 unspecified atom stereocenters. The summed E-state index contributed by atoms with van der Waals surface area (Å²) < 4.78 is 44.8. The molecule has 0 spiro atoms. The first-order valence-corrected chi connectivity index (χ1v) is 19.6. The van der Waals surface area contributed by atoms with E-state index in [-0.39, 0.29) is 74.3 Å². The first kappa shape index (κ1) is 39.5. The number of nitrogens with one attached hydrogen (secondary N) is 1. The molecule has 1 saturated carbocycles. The molecule has 4 heterocycles. The number of anilines is 1. The maximum absolute atomic E-state index is 17.4. The predicted octanol–water partition coefficient (Wildman–Crippen LogP) is 6.93. The van der Waals surface area contributed by atoms with Gasteiger partial charge in [-0.2, -0.15) is 15.2 Å². The molecular weight excluding hydrogens is 731 g/mol. The molecule has 3 aliphatic rings. The van der Waals surface area contributed by atoms with Gasteiger partial charge in [-0.1, -0.05) is 38.0 Å². The van der Waals surface area contributed by atoms with Gasteiger partial charge in [-0.15, -0.1) is 6.42 Å². The molecule has 14 heteroatoms. The van der Waals surface area contributed by atoms with Crippen LogP contribution in [0, 0.1) is 40.7 Å². The molecule has 2 aromatic heterocycles. The smallest absolute Gasteiger partial charge is 0.319 e. The number of halogens is 2. The lowest BCUT2D eigenvalue weighted by molar-refractivity contribution is 0.122. The number of piperidine rings is 1. The highest BCUT2D eigenvalue weighted by Crippen LogP contribution is 2.48. The Balaban J connectivity index is 1.36. The summed E-state index contributed by atoms with van der Waals surface area (Å²) >= 11 is 0. The fourth-order valence-corrected chi connectivity index (χ4v) is 8.23. The van der Waals surface area contributed by atoms with Crippen LogP contribution in [0.3, 0.4) is 0 Å². The molecule has 2 N–H and O–H groups in total. The summed E-state index contributed by atoms with van der Waals surface area (Å²) in [6.07, 6.45) is 10.8. The average molecular weight is 779 g/mol. The lowest BCUT2D eigenvalue weighted by atomic mass is 9.95. The van der Waals surface area contributed by atoms with Gasteiger partial charge >= 0.3 is 12.0 Å². The Morgan fingerprint density at radius 1 is 1.12 bits per heavy atom. The Morgan fingerprint density at radius 2 is 1.82 bits per heavy atom. The minimum atomic E-state index is -0.865. The molecule has 4 aromatic rings. The number of amides is 2. The lowest BCUT2D eigenvalue weighted by Gasteiger charge is -2.47. The van der Waals surface area contributed by atoms with Crippen LogP contribution in [0.4, 0.5) is 19.4 Å². The second-order valence-electron chi connectivity index (χ2n) is 15.5. The number of nitriles is 1. The summed E-state index contributed by atoms with van der Waals surface area (Å²) in [5.74, 6) is 0.950. The Morgan fingerprint density at radius 3 is 2.44 bits per heavy atom. The Hall–Kier alpha value is -5.73. The van der Waals surface area contributed by atoms with Crippen LogP contribution >= 0.6 is 0 Å². The number of aromatic nitrogens is 3. The van der Waals surface area contributed by atoms with Crippen molar-refractivity contribution in [3.63, 3.8) is 0 Å². The molecule has 3 atom stereocenters. The zero-order valence-corrected chi connectivity index (χ0v) is 32.9. The number of terminal acetylenes is 1. The number of pyridine rings is 1. The minimum Gasteiger partial charge on any atom is -0.508 e. The largest absolute Gasteiger partial charge is 0.508 e. The number of carbonyl (C=O) groups is 1. The predicted molar refractivity (Wildman–Crippen MR) is 214 cm³/mol. The number of methoxy groups -OCH3 is 1. The number of nitrogens with zero attached hydrogens (tertiary/aromatic N) is 7. The number of carbonyl (C=O) groups excluding carboxylic acids is 1. The summed E-state index contributed by atoms with van der Waals surface area (Å²) in [5.41, 5.74) is 0.730. The second-order valence-corrected chi connectivity index (χ2v) is 15.5. The van der Waals surface area contributed by atoms with Crippen molar-refractivity contribution in [2.75, 3.05) is 51.3 Å². The van der Waals surface area contributed by atoms with Gasteiger partial charge in [0.1, 0.15) is 40.0 Å². The monoisotopic (exact) mass is 778 g/mol. The SMILES string of the molecule is C#Cc1c(F)ccc2cc(O)cc(-c3nc(OC)c4c(N5CC(CC)N(C(=O)NC(C)C#N)C(CC)C5)nc(OCC5(CN6CCC(=C)CC6)CC5)nc4c3F)c12. The van der Waals surface area contributed by atoms with E-state index >= 15 is 8.78 Å². The summed E-state index contributed by atoms with van der Waals surface area (Å²) in [6, 6.07) is 5.81. The second kappa shape index (κ2) is 16.0. The van der Waals surface area contributed by atoms with Crippen LogP contribution in [0.25, 0.3) is 32.9 Å². The maximum Gasteiger partial charge on any atom is 0.319 e. The molecule has 2 amide bonds. The number of phenols is 1. The van der Waals surface area contributed by atoms with Gasteiger partial charge in [0.05, 0.1) is 37.4 Å². The third-order valence-electron chi connectivity index (χ3n) is 11.6. The molecule has 2 saturated heterocycles. The van der Waals surface area contributed by atoms with Gasteiger partial charge in [-0.3, -0.25) is 0 Å². The fraction of sp³-hybridized carbons (Fsp3) is 0.465. The third-order valence-corrected chi connectivity index (χ3v) is 11.6. The summed E-state index contributed by atoms with van der Waals surface area (Å²) in [6.45, 7) is 13.5. The number of urea groups is 1. The molecule has 57 heavy (non-hydrogen) atoms. The first-order valence-electron chi connectivity index (χ1n) is 19.6. The van der Waals surface area contributed by atoms with Crippen LogP contribution < -0.4 is 19.7 Å². The van der Waals surface area contributed by atoms with Crippen molar-refractivity contribution in [1.82, 2.24) is 30.1 Å². The van der Waals surface area contributed by atoms with Gasteiger partial charge < -0.3 is 34.6 Å². The standard InChI is InChI=1S/C43H48F2N8O4/c1-7-28-21-52(22-29(8-2)53(28)42(55)47-26(5)20-46)39-35-38(49-41(50-39)57-24-43(14-15-43)23-51-16-12-25(4)13-17-51)36(45)37(48-40(35)56-6)32-19-30(54)18-27-10-11-33(44)31(9-3)34(27)32/h3,10-11,18-19,26,28-29,54H,4,7-8,12-17,21-24H2,1-2,5-6H3,(H,47,55). The van der Waals surface area contributed by atoms with Gasteiger partial charge in [-0.05, 0) is 69.0 Å². The van der Waals surface area contributed by atoms with E-state index in [1.807, 2.05) is 18.7 Å². The van der Waals surface area contributed by atoms with E-state index in [4.69, 9.17) is 20.9 Å². The van der Waals surface area contributed by atoms with E-state index in [0.717, 1.165) is 45.3 Å². The molecule has 0 bridgehead atoms. The zero-order valence-electron chi connectivity index (χ0n) is 32.9. The highest BCUT2D eigenvalue weighted by Gasteiger charge is 2.45.